The summed E-state index contributed by atoms with van der Waals surface area (Å²) in [4.78, 5) is 18.7. The number of nitrogens with one attached hydrogen (secondary N) is 3. The number of urea groups is 1. The van der Waals surface area contributed by atoms with Crippen molar-refractivity contribution in [1.29, 1.82) is 0 Å². The van der Waals surface area contributed by atoms with Gasteiger partial charge in [0.25, 0.3) is 0 Å². The van der Waals surface area contributed by atoms with E-state index in [9.17, 15) is 4.79 Å². The van der Waals surface area contributed by atoms with Gasteiger partial charge in [-0.2, -0.15) is 0 Å². The van der Waals surface area contributed by atoms with Crippen LogP contribution in [0, 0.1) is 5.92 Å². The number of hydrogen-bond donors (Lipinski definition) is 3. The largest absolute Gasteiger partial charge is 0.381 e. The molecule has 1 unspecified atom stereocenters. The van der Waals surface area contributed by atoms with Gasteiger partial charge < -0.3 is 25.6 Å². The van der Waals surface area contributed by atoms with Gasteiger partial charge in [0.05, 0.1) is 13.2 Å². The second kappa shape index (κ2) is 10.8. The number of ether oxygens (including phenoxy) is 1. The fraction of sp³-hybridized carbons (Fsp3) is 0.600. The monoisotopic (exact) mass is 375 g/mol. The number of hydrogen-bond acceptors (Lipinski definition) is 3. The van der Waals surface area contributed by atoms with Crippen LogP contribution in [0.2, 0.25) is 0 Å². The van der Waals surface area contributed by atoms with Gasteiger partial charge in [0.2, 0.25) is 0 Å². The van der Waals surface area contributed by atoms with Gasteiger partial charge in [0.15, 0.2) is 5.96 Å². The van der Waals surface area contributed by atoms with Crippen molar-refractivity contribution in [1.82, 2.24) is 15.5 Å². The number of nitrogens with zero attached hydrogens (tertiary/aromatic N) is 2. The lowest BCUT2D eigenvalue weighted by atomic mass is 10.1. The molecule has 0 radical (unpaired) electrons. The second-order valence-corrected chi connectivity index (χ2v) is 7.23. The molecule has 1 heterocycles. The van der Waals surface area contributed by atoms with Crippen molar-refractivity contribution in [3.05, 3.63) is 29.8 Å². The zero-order chi connectivity index (χ0) is 19.6. The summed E-state index contributed by atoms with van der Waals surface area (Å²) in [6.07, 6.45) is 1.11. The van der Waals surface area contributed by atoms with Crippen LogP contribution in [-0.4, -0.2) is 56.3 Å². The van der Waals surface area contributed by atoms with E-state index in [0.717, 1.165) is 49.9 Å². The highest BCUT2D eigenvalue weighted by atomic mass is 16.5. The number of carbonyl (C=O) groups is 1. The first-order valence-electron chi connectivity index (χ1n) is 9.71. The molecule has 0 saturated carbocycles. The highest BCUT2D eigenvalue weighted by Crippen LogP contribution is 2.14. The van der Waals surface area contributed by atoms with Crippen molar-refractivity contribution < 1.29 is 9.53 Å². The molecule has 2 amide bonds. The summed E-state index contributed by atoms with van der Waals surface area (Å²) < 4.78 is 5.47. The maximum atomic E-state index is 11.7. The second-order valence-electron chi connectivity index (χ2n) is 7.23. The first kappa shape index (κ1) is 21.0. The molecule has 1 fully saturated rings. The number of anilines is 1. The first-order valence-corrected chi connectivity index (χ1v) is 9.71. The third-order valence-corrected chi connectivity index (χ3v) is 4.30. The third-order valence-electron chi connectivity index (χ3n) is 4.30. The summed E-state index contributed by atoms with van der Waals surface area (Å²) in [7, 11) is 2.07. The minimum absolute atomic E-state index is 0.107. The molecule has 1 aromatic carbocycles. The van der Waals surface area contributed by atoms with E-state index in [2.05, 4.69) is 34.8 Å². The van der Waals surface area contributed by atoms with Crippen molar-refractivity contribution in [2.75, 3.05) is 38.7 Å². The van der Waals surface area contributed by atoms with E-state index in [1.54, 1.807) is 0 Å². The average molecular weight is 376 g/mol. The Bertz CT molecular complexity index is 609. The van der Waals surface area contributed by atoms with E-state index in [1.165, 1.54) is 0 Å². The van der Waals surface area contributed by atoms with Crippen LogP contribution in [0.1, 0.15) is 32.8 Å². The van der Waals surface area contributed by atoms with E-state index in [-0.39, 0.29) is 12.1 Å². The Morgan fingerprint density at radius 1 is 1.33 bits per heavy atom. The maximum Gasteiger partial charge on any atom is 0.319 e. The number of rotatable bonds is 7. The van der Waals surface area contributed by atoms with Gasteiger partial charge >= 0.3 is 6.03 Å². The Kier molecular flexibility index (Phi) is 8.39. The van der Waals surface area contributed by atoms with Crippen LogP contribution in [0.4, 0.5) is 10.5 Å². The summed E-state index contributed by atoms with van der Waals surface area (Å²) in [6.45, 7) is 10.00. The molecule has 0 bridgehead atoms. The molecule has 1 saturated heterocycles. The van der Waals surface area contributed by atoms with Crippen LogP contribution in [0.15, 0.2) is 29.3 Å². The average Bonchev–Trinajstić information content (AvgIpc) is 3.12. The predicted octanol–water partition coefficient (Wildman–Crippen LogP) is 2.65. The smallest absolute Gasteiger partial charge is 0.319 e. The lowest BCUT2D eigenvalue weighted by Gasteiger charge is -2.24. The maximum absolute atomic E-state index is 11.7. The van der Waals surface area contributed by atoms with Gasteiger partial charge in [-0.3, -0.25) is 0 Å². The zero-order valence-corrected chi connectivity index (χ0v) is 16.9. The molecule has 1 aliphatic heterocycles. The molecule has 7 heteroatoms. The minimum Gasteiger partial charge on any atom is -0.381 e. The number of carbonyl (C=O) groups excluding carboxylic acids is 1. The zero-order valence-electron chi connectivity index (χ0n) is 16.9. The van der Waals surface area contributed by atoms with E-state index in [4.69, 9.17) is 9.73 Å². The lowest BCUT2D eigenvalue weighted by Crippen LogP contribution is -2.41. The lowest BCUT2D eigenvalue weighted by molar-refractivity contribution is 0.181. The van der Waals surface area contributed by atoms with Gasteiger partial charge in [0, 0.05) is 44.4 Å². The molecule has 3 N–H and O–H groups in total. The molecule has 0 aliphatic carbocycles. The number of amides is 2. The van der Waals surface area contributed by atoms with Crippen molar-refractivity contribution in [3.8, 4) is 0 Å². The normalized spacial score (nSPS) is 17.1. The van der Waals surface area contributed by atoms with Crippen LogP contribution >= 0.6 is 0 Å². The first-order chi connectivity index (χ1) is 13.0. The Labute approximate surface area is 162 Å². The Morgan fingerprint density at radius 3 is 2.67 bits per heavy atom. The van der Waals surface area contributed by atoms with Gasteiger partial charge in [-0.1, -0.05) is 12.1 Å². The molecular weight excluding hydrogens is 342 g/mol. The number of guanidine groups is 1. The summed E-state index contributed by atoms with van der Waals surface area (Å²) in [6, 6.07) is 7.69. The molecular formula is C20H33N5O2. The fourth-order valence-electron chi connectivity index (χ4n) is 2.96. The molecule has 0 aromatic heterocycles. The highest BCUT2D eigenvalue weighted by Gasteiger charge is 2.19. The van der Waals surface area contributed by atoms with Crippen LogP contribution in [0.25, 0.3) is 0 Å². The Balaban J connectivity index is 1.91. The summed E-state index contributed by atoms with van der Waals surface area (Å²) >= 11 is 0. The van der Waals surface area contributed by atoms with Crippen molar-refractivity contribution in [3.63, 3.8) is 0 Å². The SMILES string of the molecule is CCNC(=NCc1ccc(NC(=O)NC(C)C)cc1)N(C)CC1CCOC1. The van der Waals surface area contributed by atoms with Crippen LogP contribution in [0.3, 0.4) is 0 Å². The fourth-order valence-corrected chi connectivity index (χ4v) is 2.96. The van der Waals surface area contributed by atoms with Gasteiger partial charge in [0.1, 0.15) is 0 Å². The summed E-state index contributed by atoms with van der Waals surface area (Å²) in [5.74, 6) is 1.48. The number of benzene rings is 1. The Hall–Kier alpha value is -2.28. The molecule has 27 heavy (non-hydrogen) atoms. The number of aliphatic imine (C=N–C) groups is 1. The van der Waals surface area contributed by atoms with Crippen molar-refractivity contribution in [2.45, 2.75) is 39.8 Å². The van der Waals surface area contributed by atoms with Crippen molar-refractivity contribution in [2.24, 2.45) is 10.9 Å². The molecule has 1 aliphatic rings. The minimum atomic E-state index is -0.192. The quantitative estimate of drug-likeness (QED) is 0.506. The molecule has 1 atom stereocenters. The van der Waals surface area contributed by atoms with Crippen LogP contribution in [0.5, 0.6) is 0 Å². The Morgan fingerprint density at radius 2 is 2.07 bits per heavy atom. The van der Waals surface area contributed by atoms with E-state index in [0.29, 0.717) is 12.5 Å². The molecule has 2 rings (SSSR count). The third kappa shape index (κ3) is 7.46. The van der Waals surface area contributed by atoms with Gasteiger partial charge in [-0.05, 0) is 44.9 Å². The van der Waals surface area contributed by atoms with Gasteiger partial charge in [-0.25, -0.2) is 9.79 Å². The van der Waals surface area contributed by atoms with Crippen LogP contribution in [-0.2, 0) is 11.3 Å². The molecule has 7 nitrogen and oxygen atoms in total. The van der Waals surface area contributed by atoms with E-state index >= 15 is 0 Å². The highest BCUT2D eigenvalue weighted by molar-refractivity contribution is 5.89. The van der Waals surface area contributed by atoms with Gasteiger partial charge in [-0.15, -0.1) is 0 Å². The van der Waals surface area contributed by atoms with Crippen molar-refractivity contribution >= 4 is 17.7 Å². The molecule has 1 aromatic rings. The standard InChI is InChI=1S/C20H33N5O2/c1-5-21-19(25(4)13-17-10-11-27-14-17)22-12-16-6-8-18(9-7-16)24-20(26)23-15(2)3/h6-9,15,17H,5,10-14H2,1-4H3,(H,21,22)(H2,23,24,26). The summed E-state index contributed by atoms with van der Waals surface area (Å²) in [5, 5.41) is 8.99. The predicted molar refractivity (Wildman–Crippen MR) is 110 cm³/mol. The molecule has 150 valence electrons. The van der Waals surface area contributed by atoms with Crippen LogP contribution < -0.4 is 16.0 Å². The molecule has 0 spiro atoms. The van der Waals surface area contributed by atoms with E-state index in [1.807, 2.05) is 38.1 Å². The van der Waals surface area contributed by atoms with E-state index < -0.39 is 0 Å². The topological polar surface area (TPSA) is 78.0 Å². The summed E-state index contributed by atoms with van der Waals surface area (Å²) in [5.41, 5.74) is 1.86.